The lowest BCUT2D eigenvalue weighted by Crippen LogP contribution is -2.41. The molecule has 0 heterocycles. The Bertz CT molecular complexity index is 1230. The Balaban J connectivity index is 1.89. The van der Waals surface area contributed by atoms with Gasteiger partial charge in [0.15, 0.2) is 0 Å². The normalized spacial score (nSPS) is 10.8. The first kappa shape index (κ1) is 25.5. The van der Waals surface area contributed by atoms with Crippen molar-refractivity contribution in [3.8, 4) is 11.8 Å². The second-order valence-electron chi connectivity index (χ2n) is 9.06. The highest BCUT2D eigenvalue weighted by molar-refractivity contribution is 6.05. The van der Waals surface area contributed by atoms with Gasteiger partial charge in [-0.3, -0.25) is 9.59 Å². The SMILES string of the molecule is COc1cccc(C(=O)Nc2ccccc2CN(CC(C)(C)CN)C(=O)c2ccc(C#N)cc2)c1. The molecular formula is C28H30N4O3. The number of hydrogen-bond acceptors (Lipinski definition) is 5. The van der Waals surface area contributed by atoms with Crippen molar-refractivity contribution in [3.63, 3.8) is 0 Å². The van der Waals surface area contributed by atoms with Crippen molar-refractivity contribution in [2.75, 3.05) is 25.5 Å². The fourth-order valence-electron chi connectivity index (χ4n) is 3.60. The van der Waals surface area contributed by atoms with Gasteiger partial charge >= 0.3 is 0 Å². The molecule has 7 heteroatoms. The van der Waals surface area contributed by atoms with Gasteiger partial charge in [-0.1, -0.05) is 38.1 Å². The van der Waals surface area contributed by atoms with E-state index in [1.165, 1.54) is 0 Å². The molecule has 3 aromatic carbocycles. The van der Waals surface area contributed by atoms with Crippen molar-refractivity contribution in [3.05, 3.63) is 95.1 Å². The van der Waals surface area contributed by atoms with Crippen LogP contribution in [0.4, 0.5) is 5.69 Å². The van der Waals surface area contributed by atoms with Gasteiger partial charge in [0, 0.05) is 29.9 Å². The molecule has 0 unspecified atom stereocenters. The Hall–Kier alpha value is -4.15. The van der Waals surface area contributed by atoms with Gasteiger partial charge in [0.05, 0.1) is 18.7 Å². The molecule has 0 atom stereocenters. The zero-order valence-corrected chi connectivity index (χ0v) is 20.2. The Kier molecular flexibility index (Phi) is 8.24. The molecule has 3 aromatic rings. The third kappa shape index (κ3) is 6.69. The number of nitrogens with one attached hydrogen (secondary N) is 1. The molecule has 0 aliphatic carbocycles. The predicted molar refractivity (Wildman–Crippen MR) is 136 cm³/mol. The van der Waals surface area contributed by atoms with Crippen LogP contribution in [-0.2, 0) is 6.54 Å². The molecule has 7 nitrogen and oxygen atoms in total. The zero-order chi connectivity index (χ0) is 25.4. The summed E-state index contributed by atoms with van der Waals surface area (Å²) in [5.41, 5.74) is 8.49. The van der Waals surface area contributed by atoms with Gasteiger partial charge in [0.25, 0.3) is 11.8 Å². The predicted octanol–water partition coefficient (Wildman–Crippen LogP) is 4.45. The highest BCUT2D eigenvalue weighted by Crippen LogP contribution is 2.24. The van der Waals surface area contributed by atoms with Gasteiger partial charge in [-0.05, 0) is 66.1 Å². The summed E-state index contributed by atoms with van der Waals surface area (Å²) in [6.45, 7) is 5.10. The Morgan fingerprint density at radius 1 is 1.03 bits per heavy atom. The van der Waals surface area contributed by atoms with E-state index in [0.717, 1.165) is 5.56 Å². The van der Waals surface area contributed by atoms with E-state index in [0.29, 0.717) is 41.2 Å². The maximum atomic E-state index is 13.5. The first-order valence-electron chi connectivity index (χ1n) is 11.3. The molecule has 0 bridgehead atoms. The fourth-order valence-corrected chi connectivity index (χ4v) is 3.60. The van der Waals surface area contributed by atoms with Crippen LogP contribution < -0.4 is 15.8 Å². The number of methoxy groups -OCH3 is 1. The van der Waals surface area contributed by atoms with E-state index < -0.39 is 0 Å². The number of amides is 2. The van der Waals surface area contributed by atoms with Gasteiger partial charge in [-0.15, -0.1) is 0 Å². The lowest BCUT2D eigenvalue weighted by atomic mass is 9.92. The molecule has 0 fully saturated rings. The quantitative estimate of drug-likeness (QED) is 0.480. The number of carbonyl (C=O) groups excluding carboxylic acids is 2. The maximum Gasteiger partial charge on any atom is 0.255 e. The molecule has 3 N–H and O–H groups in total. The lowest BCUT2D eigenvalue weighted by Gasteiger charge is -2.32. The minimum atomic E-state index is -0.318. The number of nitriles is 1. The number of benzene rings is 3. The first-order valence-corrected chi connectivity index (χ1v) is 11.3. The number of ether oxygens (including phenoxy) is 1. The van der Waals surface area contributed by atoms with Crippen molar-refractivity contribution in [2.24, 2.45) is 11.1 Å². The van der Waals surface area contributed by atoms with Crippen molar-refractivity contribution in [1.29, 1.82) is 5.26 Å². The largest absolute Gasteiger partial charge is 0.497 e. The summed E-state index contributed by atoms with van der Waals surface area (Å²) >= 11 is 0. The number of anilines is 1. The molecule has 3 rings (SSSR count). The second-order valence-corrected chi connectivity index (χ2v) is 9.06. The van der Waals surface area contributed by atoms with Crippen molar-refractivity contribution in [2.45, 2.75) is 20.4 Å². The molecule has 0 saturated heterocycles. The summed E-state index contributed by atoms with van der Waals surface area (Å²) in [6.07, 6.45) is 0. The van der Waals surface area contributed by atoms with E-state index >= 15 is 0 Å². The topological polar surface area (TPSA) is 108 Å². The summed E-state index contributed by atoms with van der Waals surface area (Å²) < 4.78 is 5.22. The van der Waals surface area contributed by atoms with E-state index in [2.05, 4.69) is 11.4 Å². The third-order valence-electron chi connectivity index (χ3n) is 5.68. The average molecular weight is 471 g/mol. The molecule has 35 heavy (non-hydrogen) atoms. The smallest absolute Gasteiger partial charge is 0.255 e. The van der Waals surface area contributed by atoms with Crippen molar-refractivity contribution >= 4 is 17.5 Å². The molecule has 180 valence electrons. The van der Waals surface area contributed by atoms with Crippen LogP contribution in [0.1, 0.15) is 45.7 Å². The lowest BCUT2D eigenvalue weighted by molar-refractivity contribution is 0.0674. The maximum absolute atomic E-state index is 13.5. The number of nitrogens with zero attached hydrogens (tertiary/aromatic N) is 2. The summed E-state index contributed by atoms with van der Waals surface area (Å²) in [4.78, 5) is 28.1. The standard InChI is InChI=1S/C28H30N4O3/c1-28(2,18-30)19-32(27(34)21-13-11-20(16-29)12-14-21)17-23-7-4-5-10-25(23)31-26(33)22-8-6-9-24(15-22)35-3/h4-15H,17-19,30H2,1-3H3,(H,31,33). The van der Waals surface area contributed by atoms with Gasteiger partial charge in [0.1, 0.15) is 5.75 Å². The minimum Gasteiger partial charge on any atom is -0.497 e. The Morgan fingerprint density at radius 3 is 2.40 bits per heavy atom. The van der Waals surface area contributed by atoms with E-state index in [1.54, 1.807) is 60.5 Å². The van der Waals surface area contributed by atoms with Gasteiger partial charge < -0.3 is 20.7 Å². The van der Waals surface area contributed by atoms with Crippen LogP contribution in [0.2, 0.25) is 0 Å². The molecule has 0 aliphatic heterocycles. The monoisotopic (exact) mass is 470 g/mol. The summed E-state index contributed by atoms with van der Waals surface area (Å²) in [6, 6.07) is 22.9. The van der Waals surface area contributed by atoms with Crippen LogP contribution in [0.3, 0.4) is 0 Å². The van der Waals surface area contributed by atoms with Gasteiger partial charge in [-0.25, -0.2) is 0 Å². The summed E-state index contributed by atoms with van der Waals surface area (Å²) in [5.74, 6) is 0.141. The van der Waals surface area contributed by atoms with E-state index in [1.807, 2.05) is 38.1 Å². The Morgan fingerprint density at radius 2 is 1.74 bits per heavy atom. The molecule has 0 aromatic heterocycles. The fraction of sp³-hybridized carbons (Fsp3) is 0.250. The van der Waals surface area contributed by atoms with Crippen LogP contribution in [0.15, 0.2) is 72.8 Å². The van der Waals surface area contributed by atoms with E-state index in [4.69, 9.17) is 15.7 Å². The molecule has 0 spiro atoms. The van der Waals surface area contributed by atoms with Crippen LogP contribution in [-0.4, -0.2) is 36.9 Å². The Labute approximate surface area is 206 Å². The highest BCUT2D eigenvalue weighted by atomic mass is 16.5. The first-order chi connectivity index (χ1) is 16.8. The highest BCUT2D eigenvalue weighted by Gasteiger charge is 2.26. The number of para-hydroxylation sites is 1. The van der Waals surface area contributed by atoms with Crippen molar-refractivity contribution < 1.29 is 14.3 Å². The molecule has 0 radical (unpaired) electrons. The number of hydrogen-bond donors (Lipinski definition) is 2. The average Bonchev–Trinajstić information content (AvgIpc) is 2.88. The summed E-state index contributed by atoms with van der Waals surface area (Å²) in [5, 5.41) is 12.0. The molecule has 0 aliphatic rings. The molecule has 2 amide bonds. The molecule has 0 saturated carbocycles. The number of rotatable bonds is 9. The van der Waals surface area contributed by atoms with E-state index in [-0.39, 0.29) is 23.8 Å². The number of carbonyl (C=O) groups is 2. The van der Waals surface area contributed by atoms with E-state index in [9.17, 15) is 9.59 Å². The van der Waals surface area contributed by atoms with Gasteiger partial charge in [-0.2, -0.15) is 5.26 Å². The van der Waals surface area contributed by atoms with Gasteiger partial charge in [0.2, 0.25) is 0 Å². The van der Waals surface area contributed by atoms with Crippen LogP contribution >= 0.6 is 0 Å². The summed E-state index contributed by atoms with van der Waals surface area (Å²) in [7, 11) is 1.55. The molecular weight excluding hydrogens is 440 g/mol. The van der Waals surface area contributed by atoms with Crippen LogP contribution in [0, 0.1) is 16.7 Å². The second kappa shape index (κ2) is 11.3. The minimum absolute atomic E-state index is 0.176. The van der Waals surface area contributed by atoms with Crippen LogP contribution in [0.25, 0.3) is 0 Å². The zero-order valence-electron chi connectivity index (χ0n) is 20.2. The third-order valence-corrected chi connectivity index (χ3v) is 5.68. The van der Waals surface area contributed by atoms with Crippen molar-refractivity contribution in [1.82, 2.24) is 4.90 Å². The van der Waals surface area contributed by atoms with Crippen LogP contribution in [0.5, 0.6) is 5.75 Å². The number of nitrogens with two attached hydrogens (primary N) is 1.